The van der Waals surface area contributed by atoms with Crippen molar-refractivity contribution >= 4 is 10.0 Å². The van der Waals surface area contributed by atoms with E-state index in [1.165, 1.54) is 16.4 Å². The fourth-order valence-electron chi connectivity index (χ4n) is 3.46. The van der Waals surface area contributed by atoms with Crippen LogP contribution >= 0.6 is 0 Å². The van der Waals surface area contributed by atoms with Crippen LogP contribution in [-0.4, -0.2) is 41.1 Å². The minimum Gasteiger partial charge on any atom is -0.508 e. The molecule has 1 N–H and O–H groups in total. The summed E-state index contributed by atoms with van der Waals surface area (Å²) in [6.07, 6.45) is -3.36. The molecule has 0 spiro atoms. The molecule has 0 aliphatic carbocycles. The van der Waals surface area contributed by atoms with E-state index in [9.17, 15) is 26.7 Å². The van der Waals surface area contributed by atoms with Gasteiger partial charge in [-0.15, -0.1) is 0 Å². The van der Waals surface area contributed by atoms with Gasteiger partial charge in [0.15, 0.2) is 0 Å². The second-order valence-corrected chi connectivity index (χ2v) is 9.17. The Morgan fingerprint density at radius 3 is 2.39 bits per heavy atom. The van der Waals surface area contributed by atoms with Crippen molar-refractivity contribution in [1.29, 1.82) is 0 Å². The fourth-order valence-corrected chi connectivity index (χ4v) is 4.98. The molecule has 4 rings (SSSR count). The molecule has 1 saturated heterocycles. The minimum atomic E-state index is -4.54. The van der Waals surface area contributed by atoms with Crippen LogP contribution in [0.5, 0.6) is 5.75 Å². The zero-order valence-electron chi connectivity index (χ0n) is 16.1. The van der Waals surface area contributed by atoms with Crippen LogP contribution in [0, 0.1) is 0 Å². The minimum absolute atomic E-state index is 0.0839. The summed E-state index contributed by atoms with van der Waals surface area (Å²) in [5.74, 6) is 0.369. The van der Waals surface area contributed by atoms with Crippen molar-refractivity contribution in [2.24, 2.45) is 0 Å². The lowest BCUT2D eigenvalue weighted by Crippen LogP contribution is -2.39. The van der Waals surface area contributed by atoms with Crippen molar-refractivity contribution in [2.75, 3.05) is 13.1 Å². The molecular formula is C20H18F3N3O4S. The predicted molar refractivity (Wildman–Crippen MR) is 104 cm³/mol. The summed E-state index contributed by atoms with van der Waals surface area (Å²) in [6.45, 7) is 0.333. The highest BCUT2D eigenvalue weighted by Crippen LogP contribution is 2.33. The van der Waals surface area contributed by atoms with Crippen LogP contribution in [0.3, 0.4) is 0 Å². The molecule has 0 saturated carbocycles. The van der Waals surface area contributed by atoms with E-state index in [1.807, 2.05) is 0 Å². The summed E-state index contributed by atoms with van der Waals surface area (Å²) >= 11 is 0. The van der Waals surface area contributed by atoms with Gasteiger partial charge in [0.25, 0.3) is 0 Å². The van der Waals surface area contributed by atoms with Gasteiger partial charge in [0, 0.05) is 18.7 Å². The largest absolute Gasteiger partial charge is 0.508 e. The van der Waals surface area contributed by atoms with E-state index >= 15 is 0 Å². The zero-order chi connectivity index (χ0) is 22.2. The molecule has 31 heavy (non-hydrogen) atoms. The van der Waals surface area contributed by atoms with E-state index in [0.29, 0.717) is 24.2 Å². The van der Waals surface area contributed by atoms with E-state index in [0.717, 1.165) is 24.3 Å². The molecule has 0 amide bonds. The SMILES string of the molecule is O=S(=O)(c1ccc(C(F)(F)F)cc1)N1CCCC(c2nc(-c3ccc(O)cc3)no2)C1. The highest BCUT2D eigenvalue weighted by atomic mass is 32.2. The van der Waals surface area contributed by atoms with E-state index < -0.39 is 21.8 Å². The second kappa shape index (κ2) is 7.97. The number of benzene rings is 2. The van der Waals surface area contributed by atoms with Crippen LogP contribution in [0.2, 0.25) is 0 Å². The quantitative estimate of drug-likeness (QED) is 0.641. The van der Waals surface area contributed by atoms with Gasteiger partial charge in [0.1, 0.15) is 5.75 Å². The molecule has 0 radical (unpaired) electrons. The first-order valence-corrected chi connectivity index (χ1v) is 10.9. The Labute approximate surface area is 176 Å². The van der Waals surface area contributed by atoms with Gasteiger partial charge in [-0.2, -0.15) is 22.5 Å². The summed E-state index contributed by atoms with van der Waals surface area (Å²) in [6, 6.07) is 9.70. The van der Waals surface area contributed by atoms with Gasteiger partial charge in [-0.1, -0.05) is 5.16 Å². The number of phenolic OH excluding ortho intramolecular Hbond substituents is 1. The third-order valence-electron chi connectivity index (χ3n) is 5.12. The molecule has 1 aliphatic rings. The molecule has 1 atom stereocenters. The number of phenols is 1. The first kappa shape index (κ1) is 21.3. The number of nitrogens with zero attached hydrogens (tertiary/aromatic N) is 3. The van der Waals surface area contributed by atoms with Crippen molar-refractivity contribution in [3.8, 4) is 17.1 Å². The zero-order valence-corrected chi connectivity index (χ0v) is 16.9. The Morgan fingerprint density at radius 2 is 1.74 bits per heavy atom. The standard InChI is InChI=1S/C20H18F3N3O4S/c21-20(22,23)15-5-9-17(10-6-15)31(28,29)26-11-1-2-14(12-26)19-24-18(25-30-19)13-3-7-16(27)8-4-13/h3-10,14,27H,1-2,11-12H2. The summed E-state index contributed by atoms with van der Waals surface area (Å²) < 4.78 is 70.7. The van der Waals surface area contributed by atoms with Crippen LogP contribution in [0.1, 0.15) is 30.2 Å². The molecule has 2 heterocycles. The Hall–Kier alpha value is -2.92. The lowest BCUT2D eigenvalue weighted by atomic mass is 10.00. The number of hydrogen-bond donors (Lipinski definition) is 1. The van der Waals surface area contributed by atoms with E-state index in [1.54, 1.807) is 12.1 Å². The summed E-state index contributed by atoms with van der Waals surface area (Å²) in [4.78, 5) is 4.16. The van der Waals surface area contributed by atoms with Gasteiger partial charge in [-0.05, 0) is 61.4 Å². The monoisotopic (exact) mass is 453 g/mol. The van der Waals surface area contributed by atoms with E-state index in [-0.39, 0.29) is 35.5 Å². The van der Waals surface area contributed by atoms with Crippen molar-refractivity contribution in [3.05, 3.63) is 60.0 Å². The van der Waals surface area contributed by atoms with Gasteiger partial charge in [-0.3, -0.25) is 0 Å². The maximum atomic E-state index is 12.9. The molecule has 7 nitrogen and oxygen atoms in total. The third kappa shape index (κ3) is 4.42. The number of rotatable bonds is 4. The van der Waals surface area contributed by atoms with Crippen LogP contribution in [0.15, 0.2) is 57.9 Å². The molecule has 0 bridgehead atoms. The van der Waals surface area contributed by atoms with E-state index in [2.05, 4.69) is 10.1 Å². The molecule has 2 aromatic carbocycles. The Morgan fingerprint density at radius 1 is 1.06 bits per heavy atom. The lowest BCUT2D eigenvalue weighted by molar-refractivity contribution is -0.137. The van der Waals surface area contributed by atoms with Gasteiger partial charge in [-0.25, -0.2) is 8.42 Å². The van der Waals surface area contributed by atoms with Crippen LogP contribution < -0.4 is 0 Å². The van der Waals surface area contributed by atoms with E-state index in [4.69, 9.17) is 4.52 Å². The van der Waals surface area contributed by atoms with Crippen molar-refractivity contribution < 1.29 is 31.2 Å². The smallest absolute Gasteiger partial charge is 0.416 e. The molecule has 3 aromatic rings. The Bertz CT molecular complexity index is 1160. The summed E-state index contributed by atoms with van der Waals surface area (Å²) in [7, 11) is -3.97. The predicted octanol–water partition coefficient (Wildman–Crippen LogP) is 4.03. The number of hydrogen-bond acceptors (Lipinski definition) is 6. The molecule has 1 aromatic heterocycles. The number of halogens is 3. The normalized spacial score (nSPS) is 18.2. The van der Waals surface area contributed by atoms with Crippen LogP contribution in [-0.2, 0) is 16.2 Å². The van der Waals surface area contributed by atoms with Gasteiger partial charge in [0.2, 0.25) is 21.7 Å². The fraction of sp³-hybridized carbons (Fsp3) is 0.300. The van der Waals surface area contributed by atoms with Gasteiger partial charge < -0.3 is 9.63 Å². The number of aromatic nitrogens is 2. The Kier molecular flexibility index (Phi) is 5.48. The first-order chi connectivity index (χ1) is 14.6. The third-order valence-corrected chi connectivity index (χ3v) is 7.00. The topological polar surface area (TPSA) is 96.5 Å². The lowest BCUT2D eigenvalue weighted by Gasteiger charge is -2.30. The number of sulfonamides is 1. The van der Waals surface area contributed by atoms with Crippen LogP contribution in [0.4, 0.5) is 13.2 Å². The van der Waals surface area contributed by atoms with Crippen molar-refractivity contribution in [1.82, 2.24) is 14.4 Å². The molecule has 164 valence electrons. The molecule has 1 unspecified atom stereocenters. The first-order valence-electron chi connectivity index (χ1n) is 9.45. The average molecular weight is 453 g/mol. The number of aromatic hydroxyl groups is 1. The second-order valence-electron chi connectivity index (χ2n) is 7.23. The van der Waals surface area contributed by atoms with Crippen molar-refractivity contribution in [3.63, 3.8) is 0 Å². The molecule has 1 aliphatic heterocycles. The van der Waals surface area contributed by atoms with Crippen LogP contribution in [0.25, 0.3) is 11.4 Å². The molecule has 11 heteroatoms. The highest BCUT2D eigenvalue weighted by molar-refractivity contribution is 7.89. The maximum Gasteiger partial charge on any atom is 0.416 e. The number of piperidine rings is 1. The van der Waals surface area contributed by atoms with Gasteiger partial charge >= 0.3 is 6.18 Å². The maximum absolute atomic E-state index is 12.9. The van der Waals surface area contributed by atoms with Crippen molar-refractivity contribution in [2.45, 2.75) is 29.8 Å². The average Bonchev–Trinajstić information content (AvgIpc) is 3.24. The molecule has 1 fully saturated rings. The molecular weight excluding hydrogens is 435 g/mol. The Balaban J connectivity index is 1.52. The number of alkyl halides is 3. The highest BCUT2D eigenvalue weighted by Gasteiger charge is 2.35. The van der Waals surface area contributed by atoms with Gasteiger partial charge in [0.05, 0.1) is 16.4 Å². The summed E-state index contributed by atoms with van der Waals surface area (Å²) in [5, 5.41) is 13.3. The summed E-state index contributed by atoms with van der Waals surface area (Å²) in [5.41, 5.74) is -0.270.